The molecular weight excluding hydrogens is 206 g/mol. The van der Waals surface area contributed by atoms with Crippen molar-refractivity contribution >= 4 is 0 Å². The fourth-order valence-electron chi connectivity index (χ4n) is 1.08. The van der Waals surface area contributed by atoms with Gasteiger partial charge in [0.2, 0.25) is 0 Å². The Kier molecular flexibility index (Phi) is 4.30. The van der Waals surface area contributed by atoms with E-state index in [0.717, 1.165) is 0 Å². The second-order valence-corrected chi connectivity index (χ2v) is 2.83. The summed E-state index contributed by atoms with van der Waals surface area (Å²) in [5.41, 5.74) is 0.455. The molecule has 0 aromatic heterocycles. The molecule has 3 nitrogen and oxygen atoms in total. The normalized spacial score (nSPS) is 10.5. The predicted octanol–water partition coefficient (Wildman–Crippen LogP) is 1.83. The van der Waals surface area contributed by atoms with Crippen molar-refractivity contribution in [2.24, 2.45) is 0 Å². The van der Waals surface area contributed by atoms with Gasteiger partial charge in [-0.15, -0.1) is 0 Å². The minimum atomic E-state index is -2.54. The maximum atomic E-state index is 11.9. The number of hydrogen-bond donors (Lipinski definition) is 1. The lowest BCUT2D eigenvalue weighted by Crippen LogP contribution is -2.08. The zero-order chi connectivity index (χ0) is 11.3. The zero-order valence-corrected chi connectivity index (χ0v) is 8.24. The summed E-state index contributed by atoms with van der Waals surface area (Å²) >= 11 is 0. The summed E-state index contributed by atoms with van der Waals surface area (Å²) in [4.78, 5) is 0. The van der Waals surface area contributed by atoms with Gasteiger partial charge in [-0.05, 0) is 12.1 Å². The van der Waals surface area contributed by atoms with Crippen LogP contribution in [-0.2, 0) is 6.61 Å². The number of benzene rings is 1. The summed E-state index contributed by atoms with van der Waals surface area (Å²) in [5.74, 6) is 0.716. The van der Waals surface area contributed by atoms with Gasteiger partial charge in [-0.2, -0.15) is 0 Å². The van der Waals surface area contributed by atoms with Crippen molar-refractivity contribution in [1.82, 2.24) is 0 Å². The third-order valence-corrected chi connectivity index (χ3v) is 1.81. The first-order valence-corrected chi connectivity index (χ1v) is 4.36. The lowest BCUT2D eigenvalue weighted by atomic mass is 10.2. The van der Waals surface area contributed by atoms with Crippen LogP contribution in [0, 0.1) is 0 Å². The molecule has 0 bridgehead atoms. The molecule has 1 aromatic carbocycles. The van der Waals surface area contributed by atoms with Crippen LogP contribution in [0.25, 0.3) is 0 Å². The Morgan fingerprint density at radius 2 is 2.13 bits per heavy atom. The minimum absolute atomic E-state index is 0.220. The fourth-order valence-corrected chi connectivity index (χ4v) is 1.08. The Balaban J connectivity index is 2.81. The van der Waals surface area contributed by atoms with Crippen LogP contribution in [0.2, 0.25) is 0 Å². The summed E-state index contributed by atoms with van der Waals surface area (Å²) < 4.78 is 33.6. The molecule has 0 atom stereocenters. The first-order valence-electron chi connectivity index (χ1n) is 4.36. The smallest absolute Gasteiger partial charge is 0.272 e. The van der Waals surface area contributed by atoms with E-state index in [2.05, 4.69) is 0 Å². The van der Waals surface area contributed by atoms with Gasteiger partial charge in [-0.1, -0.05) is 0 Å². The largest absolute Gasteiger partial charge is 0.497 e. The maximum Gasteiger partial charge on any atom is 0.272 e. The summed E-state index contributed by atoms with van der Waals surface area (Å²) in [6.07, 6.45) is -2.54. The minimum Gasteiger partial charge on any atom is -0.497 e. The predicted molar refractivity (Wildman–Crippen MR) is 50.4 cm³/mol. The lowest BCUT2D eigenvalue weighted by Gasteiger charge is -2.11. The van der Waals surface area contributed by atoms with E-state index in [0.29, 0.717) is 11.3 Å². The van der Waals surface area contributed by atoms with Crippen molar-refractivity contribution in [3.63, 3.8) is 0 Å². The molecule has 0 amide bonds. The molecule has 15 heavy (non-hydrogen) atoms. The highest BCUT2D eigenvalue weighted by Gasteiger charge is 2.08. The number of aliphatic hydroxyl groups excluding tert-OH is 1. The Bertz CT molecular complexity index is 316. The van der Waals surface area contributed by atoms with Crippen molar-refractivity contribution in [1.29, 1.82) is 0 Å². The Labute approximate surface area is 86.2 Å². The van der Waals surface area contributed by atoms with Crippen LogP contribution in [-0.4, -0.2) is 25.2 Å². The molecule has 0 saturated heterocycles. The molecule has 1 N–H and O–H groups in total. The molecule has 0 aliphatic carbocycles. The molecule has 5 heteroatoms. The zero-order valence-electron chi connectivity index (χ0n) is 8.24. The van der Waals surface area contributed by atoms with Crippen molar-refractivity contribution in [3.8, 4) is 11.5 Å². The Hall–Kier alpha value is -1.36. The van der Waals surface area contributed by atoms with E-state index in [-0.39, 0.29) is 12.4 Å². The van der Waals surface area contributed by atoms with Gasteiger partial charge in [-0.3, -0.25) is 0 Å². The molecule has 0 radical (unpaired) electrons. The van der Waals surface area contributed by atoms with E-state index in [1.807, 2.05) is 0 Å². The fraction of sp³-hybridized carbons (Fsp3) is 0.400. The van der Waals surface area contributed by atoms with E-state index in [1.54, 1.807) is 12.1 Å². The van der Waals surface area contributed by atoms with Gasteiger partial charge in [0.25, 0.3) is 6.43 Å². The molecular formula is C10H12F2O3. The molecule has 0 aliphatic rings. The van der Waals surface area contributed by atoms with Gasteiger partial charge >= 0.3 is 0 Å². The summed E-state index contributed by atoms with van der Waals surface area (Å²) in [7, 11) is 1.46. The Morgan fingerprint density at radius 3 is 2.67 bits per heavy atom. The number of alkyl halides is 2. The van der Waals surface area contributed by atoms with Crippen LogP contribution in [0.15, 0.2) is 18.2 Å². The van der Waals surface area contributed by atoms with Crippen molar-refractivity contribution < 1.29 is 23.4 Å². The molecule has 0 spiro atoms. The van der Waals surface area contributed by atoms with E-state index < -0.39 is 13.0 Å². The number of ether oxygens (including phenoxy) is 2. The van der Waals surface area contributed by atoms with Gasteiger partial charge in [0, 0.05) is 11.6 Å². The quantitative estimate of drug-likeness (QED) is 0.819. The van der Waals surface area contributed by atoms with Gasteiger partial charge in [0.15, 0.2) is 0 Å². The average molecular weight is 218 g/mol. The molecule has 84 valence electrons. The van der Waals surface area contributed by atoms with Crippen molar-refractivity contribution in [2.45, 2.75) is 13.0 Å². The van der Waals surface area contributed by atoms with E-state index in [4.69, 9.17) is 14.6 Å². The first-order chi connectivity index (χ1) is 7.17. The third kappa shape index (κ3) is 3.36. The second kappa shape index (κ2) is 5.50. The first kappa shape index (κ1) is 11.7. The molecule has 0 aliphatic heterocycles. The van der Waals surface area contributed by atoms with Gasteiger partial charge < -0.3 is 14.6 Å². The molecule has 0 fully saturated rings. The monoisotopic (exact) mass is 218 g/mol. The third-order valence-electron chi connectivity index (χ3n) is 1.81. The van der Waals surface area contributed by atoms with Gasteiger partial charge in [0.1, 0.15) is 18.1 Å². The number of aliphatic hydroxyl groups is 1. The summed E-state index contributed by atoms with van der Waals surface area (Å²) in [5, 5.41) is 8.94. The second-order valence-electron chi connectivity index (χ2n) is 2.83. The van der Waals surface area contributed by atoms with Gasteiger partial charge in [-0.25, -0.2) is 8.78 Å². The van der Waals surface area contributed by atoms with Crippen LogP contribution >= 0.6 is 0 Å². The van der Waals surface area contributed by atoms with E-state index in [9.17, 15) is 8.78 Å². The number of rotatable bonds is 5. The van der Waals surface area contributed by atoms with E-state index in [1.165, 1.54) is 13.2 Å². The highest BCUT2D eigenvalue weighted by Crippen LogP contribution is 2.25. The molecule has 0 unspecified atom stereocenters. The van der Waals surface area contributed by atoms with Crippen LogP contribution in [0.3, 0.4) is 0 Å². The average Bonchev–Trinajstić information content (AvgIpc) is 2.25. The molecule has 0 heterocycles. The van der Waals surface area contributed by atoms with Crippen molar-refractivity contribution in [3.05, 3.63) is 23.8 Å². The summed E-state index contributed by atoms with van der Waals surface area (Å²) in [6, 6.07) is 4.66. The molecule has 1 rings (SSSR count). The number of methoxy groups -OCH3 is 1. The van der Waals surface area contributed by atoms with Crippen LogP contribution in [0.4, 0.5) is 8.78 Å². The molecule has 1 aromatic rings. The highest BCUT2D eigenvalue weighted by atomic mass is 19.3. The van der Waals surface area contributed by atoms with Crippen LogP contribution < -0.4 is 9.47 Å². The van der Waals surface area contributed by atoms with Crippen LogP contribution in [0.1, 0.15) is 5.56 Å². The topological polar surface area (TPSA) is 38.7 Å². The lowest BCUT2D eigenvalue weighted by molar-refractivity contribution is 0.0804. The van der Waals surface area contributed by atoms with Gasteiger partial charge in [0.05, 0.1) is 13.7 Å². The Morgan fingerprint density at radius 1 is 1.40 bits per heavy atom. The van der Waals surface area contributed by atoms with Crippen LogP contribution in [0.5, 0.6) is 11.5 Å². The maximum absolute atomic E-state index is 11.9. The van der Waals surface area contributed by atoms with Crippen molar-refractivity contribution in [2.75, 3.05) is 13.7 Å². The van der Waals surface area contributed by atoms with E-state index >= 15 is 0 Å². The SMILES string of the molecule is COc1ccc(CO)c(OCC(F)F)c1. The standard InChI is InChI=1S/C10H12F2O3/c1-14-8-3-2-7(5-13)9(4-8)15-6-10(11)12/h2-4,10,13H,5-6H2,1H3. The molecule has 0 saturated carbocycles. The number of halogens is 2. The number of hydrogen-bond acceptors (Lipinski definition) is 3. The highest BCUT2D eigenvalue weighted by molar-refractivity contribution is 5.40. The summed E-state index contributed by atoms with van der Waals surface area (Å²) in [6.45, 7) is -0.956.